The molecule has 0 saturated carbocycles. The predicted molar refractivity (Wildman–Crippen MR) is 64.8 cm³/mol. The van der Waals surface area contributed by atoms with Crippen molar-refractivity contribution in [3.63, 3.8) is 0 Å². The fraction of sp³-hybridized carbons (Fsp3) is 0.273. The zero-order chi connectivity index (χ0) is 14.5. The highest BCUT2D eigenvalue weighted by molar-refractivity contribution is 7.89. The van der Waals surface area contributed by atoms with Gasteiger partial charge in [-0.3, -0.25) is 0 Å². The monoisotopic (exact) mass is 284 g/mol. The minimum absolute atomic E-state index is 0.0493. The van der Waals surface area contributed by atoms with Gasteiger partial charge >= 0.3 is 5.97 Å². The molecule has 0 amide bonds. The molecular weight excluding hydrogens is 272 g/mol. The Hall–Kier alpha value is -1.95. The summed E-state index contributed by atoms with van der Waals surface area (Å²) in [7, 11) is -2.65. The molecule has 0 heterocycles. The van der Waals surface area contributed by atoms with Crippen molar-refractivity contribution in [3.8, 4) is 6.07 Å². The van der Waals surface area contributed by atoms with Gasteiger partial charge in [0.15, 0.2) is 6.10 Å². The summed E-state index contributed by atoms with van der Waals surface area (Å²) in [6.07, 6.45) is -1.26. The molecule has 1 rings (SSSR count). The number of nitriles is 1. The number of carboxylic acid groups (broad SMARTS) is 1. The summed E-state index contributed by atoms with van der Waals surface area (Å²) in [5.41, 5.74) is 0.333. The molecule has 0 fully saturated rings. The quantitative estimate of drug-likeness (QED) is 0.755. The van der Waals surface area contributed by atoms with E-state index in [0.717, 1.165) is 0 Å². The molecule has 0 aromatic heterocycles. The molecule has 7 nitrogen and oxygen atoms in total. The lowest BCUT2D eigenvalue weighted by atomic mass is 10.2. The number of nitrogens with one attached hydrogen (secondary N) is 1. The fourth-order valence-electron chi connectivity index (χ4n) is 1.25. The molecule has 102 valence electrons. The number of hydrogen-bond acceptors (Lipinski definition) is 5. The summed E-state index contributed by atoms with van der Waals surface area (Å²) in [6, 6.07) is 7.12. The van der Waals surface area contributed by atoms with Crippen LogP contribution in [0.3, 0.4) is 0 Å². The number of sulfonamides is 1. The Morgan fingerprint density at radius 1 is 1.47 bits per heavy atom. The lowest BCUT2D eigenvalue weighted by Gasteiger charge is -2.11. The molecule has 0 aliphatic carbocycles. The van der Waals surface area contributed by atoms with Crippen LogP contribution in [0.15, 0.2) is 29.2 Å². The van der Waals surface area contributed by atoms with E-state index >= 15 is 0 Å². The van der Waals surface area contributed by atoms with Crippen LogP contribution in [-0.4, -0.2) is 39.3 Å². The van der Waals surface area contributed by atoms with Gasteiger partial charge in [-0.05, 0) is 24.3 Å². The third-order valence-corrected chi connectivity index (χ3v) is 3.75. The van der Waals surface area contributed by atoms with Crippen LogP contribution in [0.25, 0.3) is 0 Å². The second-order valence-electron chi connectivity index (χ2n) is 3.55. The topological polar surface area (TPSA) is 116 Å². The molecule has 1 aromatic rings. The van der Waals surface area contributed by atoms with Crippen LogP contribution in [0.1, 0.15) is 5.56 Å². The average molecular weight is 284 g/mol. The van der Waals surface area contributed by atoms with Crippen molar-refractivity contribution in [1.29, 1.82) is 5.26 Å². The molecule has 1 unspecified atom stereocenters. The Kier molecular flexibility index (Phi) is 5.00. The van der Waals surface area contributed by atoms with E-state index < -0.39 is 22.1 Å². The molecule has 0 bridgehead atoms. The molecule has 0 saturated heterocycles. The minimum atomic E-state index is -3.83. The molecular formula is C11H12N2O5S. The van der Waals surface area contributed by atoms with Gasteiger partial charge in [-0.15, -0.1) is 0 Å². The summed E-state index contributed by atoms with van der Waals surface area (Å²) in [5.74, 6) is -1.26. The maximum absolute atomic E-state index is 11.8. The van der Waals surface area contributed by atoms with E-state index in [4.69, 9.17) is 10.4 Å². The van der Waals surface area contributed by atoms with Gasteiger partial charge in [0.25, 0.3) is 0 Å². The van der Waals surface area contributed by atoms with E-state index in [9.17, 15) is 13.2 Å². The minimum Gasteiger partial charge on any atom is -0.479 e. The maximum Gasteiger partial charge on any atom is 0.334 e. The van der Waals surface area contributed by atoms with E-state index in [2.05, 4.69) is 9.46 Å². The first kappa shape index (κ1) is 15.1. The zero-order valence-electron chi connectivity index (χ0n) is 10.0. The first-order valence-corrected chi connectivity index (χ1v) is 6.64. The smallest absolute Gasteiger partial charge is 0.334 e. The Morgan fingerprint density at radius 3 is 2.47 bits per heavy atom. The Balaban J connectivity index is 2.81. The van der Waals surface area contributed by atoms with Gasteiger partial charge < -0.3 is 9.84 Å². The van der Waals surface area contributed by atoms with Crippen molar-refractivity contribution in [2.45, 2.75) is 11.0 Å². The second kappa shape index (κ2) is 6.29. The van der Waals surface area contributed by atoms with Crippen molar-refractivity contribution in [3.05, 3.63) is 29.8 Å². The van der Waals surface area contributed by atoms with E-state index in [1.165, 1.54) is 31.4 Å². The molecule has 0 aliphatic rings. The molecule has 0 spiro atoms. The molecule has 1 aromatic carbocycles. The van der Waals surface area contributed by atoms with Crippen molar-refractivity contribution >= 4 is 16.0 Å². The predicted octanol–water partition coefficient (Wildman–Crippen LogP) is -0.0638. The van der Waals surface area contributed by atoms with Gasteiger partial charge in [-0.2, -0.15) is 5.26 Å². The third-order valence-electron chi connectivity index (χ3n) is 2.31. The lowest BCUT2D eigenvalue weighted by Crippen LogP contribution is -2.37. The van der Waals surface area contributed by atoms with Gasteiger partial charge in [0.05, 0.1) is 16.5 Å². The van der Waals surface area contributed by atoms with Gasteiger partial charge in [-0.1, -0.05) is 0 Å². The van der Waals surface area contributed by atoms with Gasteiger partial charge in [-0.25, -0.2) is 17.9 Å². The number of hydrogen-bond donors (Lipinski definition) is 2. The Morgan fingerprint density at radius 2 is 2.05 bits per heavy atom. The largest absolute Gasteiger partial charge is 0.479 e. The number of carbonyl (C=O) groups is 1. The van der Waals surface area contributed by atoms with Crippen LogP contribution in [-0.2, 0) is 19.6 Å². The molecule has 2 N–H and O–H groups in total. The Bertz CT molecular complexity index is 589. The van der Waals surface area contributed by atoms with E-state index in [1.807, 2.05) is 6.07 Å². The van der Waals surface area contributed by atoms with Crippen molar-refractivity contribution in [1.82, 2.24) is 4.72 Å². The molecule has 19 heavy (non-hydrogen) atoms. The van der Waals surface area contributed by atoms with Crippen molar-refractivity contribution in [2.24, 2.45) is 0 Å². The van der Waals surface area contributed by atoms with Gasteiger partial charge in [0.2, 0.25) is 10.0 Å². The van der Waals surface area contributed by atoms with Gasteiger partial charge in [0.1, 0.15) is 0 Å². The summed E-state index contributed by atoms with van der Waals surface area (Å²) in [6.45, 7) is -0.381. The van der Waals surface area contributed by atoms with Crippen LogP contribution in [0.2, 0.25) is 0 Å². The fourth-order valence-corrected chi connectivity index (χ4v) is 2.28. The van der Waals surface area contributed by atoms with Crippen LogP contribution < -0.4 is 4.72 Å². The number of aliphatic carboxylic acids is 1. The highest BCUT2D eigenvalue weighted by Gasteiger charge is 2.21. The Labute approximate surface area is 110 Å². The number of nitrogens with zero attached hydrogens (tertiary/aromatic N) is 1. The van der Waals surface area contributed by atoms with Crippen LogP contribution >= 0.6 is 0 Å². The summed E-state index contributed by atoms with van der Waals surface area (Å²) in [5, 5.41) is 17.3. The lowest BCUT2D eigenvalue weighted by molar-refractivity contribution is -0.147. The number of carboxylic acids is 1. The summed E-state index contributed by atoms with van der Waals surface area (Å²) in [4.78, 5) is 10.6. The first-order chi connectivity index (χ1) is 8.90. The number of ether oxygens (including phenoxy) is 1. The van der Waals surface area contributed by atoms with E-state index in [-0.39, 0.29) is 11.4 Å². The maximum atomic E-state index is 11.8. The third kappa shape index (κ3) is 4.03. The SMILES string of the molecule is COC(CNS(=O)(=O)c1ccc(C#N)cc1)C(=O)O. The zero-order valence-corrected chi connectivity index (χ0v) is 10.8. The highest BCUT2D eigenvalue weighted by Crippen LogP contribution is 2.10. The van der Waals surface area contributed by atoms with Crippen LogP contribution in [0.5, 0.6) is 0 Å². The normalized spacial score (nSPS) is 12.6. The molecule has 0 aliphatic heterocycles. The van der Waals surface area contributed by atoms with E-state index in [1.54, 1.807) is 0 Å². The number of benzene rings is 1. The second-order valence-corrected chi connectivity index (χ2v) is 5.32. The molecule has 0 radical (unpaired) electrons. The summed E-state index contributed by atoms with van der Waals surface area (Å²) >= 11 is 0. The van der Waals surface area contributed by atoms with E-state index in [0.29, 0.717) is 5.56 Å². The number of rotatable bonds is 6. The van der Waals surface area contributed by atoms with Crippen molar-refractivity contribution in [2.75, 3.05) is 13.7 Å². The summed E-state index contributed by atoms with van der Waals surface area (Å²) < 4.78 is 30.4. The molecule has 8 heteroatoms. The van der Waals surface area contributed by atoms with Crippen LogP contribution in [0, 0.1) is 11.3 Å². The first-order valence-electron chi connectivity index (χ1n) is 5.16. The van der Waals surface area contributed by atoms with Crippen molar-refractivity contribution < 1.29 is 23.1 Å². The average Bonchev–Trinajstić information content (AvgIpc) is 2.39. The van der Waals surface area contributed by atoms with Crippen LogP contribution in [0.4, 0.5) is 0 Å². The number of methoxy groups -OCH3 is 1. The highest BCUT2D eigenvalue weighted by atomic mass is 32.2. The van der Waals surface area contributed by atoms with Gasteiger partial charge in [0, 0.05) is 13.7 Å². The molecule has 1 atom stereocenters. The standard InChI is InChI=1S/C11H12N2O5S/c1-18-10(11(14)15)7-13-19(16,17)9-4-2-8(6-12)3-5-9/h2-5,10,13H,7H2,1H3,(H,14,15).